The summed E-state index contributed by atoms with van der Waals surface area (Å²) in [4.78, 5) is 25.8. The Kier molecular flexibility index (Phi) is 5.79. The molecule has 0 aromatic heterocycles. The van der Waals surface area contributed by atoms with E-state index in [2.05, 4.69) is 19.2 Å². The summed E-state index contributed by atoms with van der Waals surface area (Å²) >= 11 is 0. The molecular weight excluding hydrogens is 242 g/mol. The molecule has 1 saturated heterocycles. The number of carbonyl (C=O) groups is 2. The average Bonchev–Trinajstić information content (AvgIpc) is 2.34. The lowest BCUT2D eigenvalue weighted by molar-refractivity contribution is -0.138. The van der Waals surface area contributed by atoms with E-state index in [-0.39, 0.29) is 36.4 Å². The molecule has 5 nitrogen and oxygen atoms in total. The van der Waals surface area contributed by atoms with Crippen LogP contribution in [0, 0.1) is 5.92 Å². The lowest BCUT2D eigenvalue weighted by atomic mass is 9.97. The van der Waals surface area contributed by atoms with Crippen molar-refractivity contribution in [3.05, 3.63) is 0 Å². The lowest BCUT2D eigenvalue weighted by Gasteiger charge is -2.39. The molecule has 1 fully saturated rings. The van der Waals surface area contributed by atoms with Crippen molar-refractivity contribution in [1.82, 2.24) is 10.2 Å². The SMILES string of the molecule is CC(C)[C@H](N)C(=O)NCC(=O)N1C(C)CCCC1C. The summed E-state index contributed by atoms with van der Waals surface area (Å²) in [5.41, 5.74) is 5.74. The fraction of sp³-hybridized carbons (Fsp3) is 0.857. The molecule has 5 heteroatoms. The molecule has 0 saturated carbocycles. The molecule has 1 aliphatic rings. The number of hydrogen-bond donors (Lipinski definition) is 2. The van der Waals surface area contributed by atoms with Crippen LogP contribution in [0.25, 0.3) is 0 Å². The summed E-state index contributed by atoms with van der Waals surface area (Å²) in [6.45, 7) is 7.96. The second kappa shape index (κ2) is 6.89. The highest BCUT2D eigenvalue weighted by Gasteiger charge is 2.29. The van der Waals surface area contributed by atoms with Crippen molar-refractivity contribution in [2.24, 2.45) is 11.7 Å². The van der Waals surface area contributed by atoms with Crippen molar-refractivity contribution >= 4 is 11.8 Å². The lowest BCUT2D eigenvalue weighted by Crippen LogP contribution is -2.53. The number of nitrogens with two attached hydrogens (primary N) is 1. The number of hydrogen-bond acceptors (Lipinski definition) is 3. The Hall–Kier alpha value is -1.10. The van der Waals surface area contributed by atoms with E-state index in [4.69, 9.17) is 5.73 Å². The molecule has 0 spiro atoms. The summed E-state index contributed by atoms with van der Waals surface area (Å²) in [6.07, 6.45) is 3.24. The first-order valence-corrected chi connectivity index (χ1v) is 7.19. The fourth-order valence-electron chi connectivity index (χ4n) is 2.59. The molecule has 0 bridgehead atoms. The standard InChI is InChI=1S/C14H27N3O2/c1-9(2)13(15)14(19)16-8-12(18)17-10(3)6-5-7-11(17)4/h9-11,13H,5-8,15H2,1-4H3,(H,16,19)/t10?,11?,13-/m0/s1. The number of piperidine rings is 1. The Morgan fingerprint density at radius 1 is 1.26 bits per heavy atom. The Morgan fingerprint density at radius 2 is 1.79 bits per heavy atom. The molecule has 0 aromatic rings. The van der Waals surface area contributed by atoms with Gasteiger partial charge >= 0.3 is 0 Å². The van der Waals surface area contributed by atoms with Crippen LogP contribution < -0.4 is 11.1 Å². The number of amides is 2. The zero-order chi connectivity index (χ0) is 14.6. The second-order valence-corrected chi connectivity index (χ2v) is 5.92. The zero-order valence-electron chi connectivity index (χ0n) is 12.5. The largest absolute Gasteiger partial charge is 0.346 e. The summed E-state index contributed by atoms with van der Waals surface area (Å²) in [5.74, 6) is -0.187. The maximum absolute atomic E-state index is 12.2. The van der Waals surface area contributed by atoms with E-state index >= 15 is 0 Å². The van der Waals surface area contributed by atoms with Gasteiger partial charge in [-0.05, 0) is 39.0 Å². The van der Waals surface area contributed by atoms with E-state index in [9.17, 15) is 9.59 Å². The summed E-state index contributed by atoms with van der Waals surface area (Å²) in [6, 6.07) is -0.0390. The topological polar surface area (TPSA) is 75.4 Å². The summed E-state index contributed by atoms with van der Waals surface area (Å²) < 4.78 is 0. The smallest absolute Gasteiger partial charge is 0.242 e. The molecule has 3 atom stereocenters. The van der Waals surface area contributed by atoms with Gasteiger partial charge in [0.25, 0.3) is 0 Å². The van der Waals surface area contributed by atoms with Crippen molar-refractivity contribution in [2.45, 2.75) is 65.1 Å². The van der Waals surface area contributed by atoms with Gasteiger partial charge in [-0.1, -0.05) is 13.8 Å². The molecule has 0 radical (unpaired) electrons. The maximum Gasteiger partial charge on any atom is 0.242 e. The van der Waals surface area contributed by atoms with Crippen molar-refractivity contribution in [3.8, 4) is 0 Å². The van der Waals surface area contributed by atoms with Crippen molar-refractivity contribution < 1.29 is 9.59 Å². The van der Waals surface area contributed by atoms with Crippen LogP contribution in [-0.4, -0.2) is 41.4 Å². The predicted octanol–water partition coefficient (Wildman–Crippen LogP) is 0.875. The Labute approximate surface area is 115 Å². The van der Waals surface area contributed by atoms with Crippen molar-refractivity contribution in [3.63, 3.8) is 0 Å². The van der Waals surface area contributed by atoms with E-state index in [0.717, 1.165) is 19.3 Å². The Bertz CT molecular complexity index is 321. The first kappa shape index (κ1) is 16.0. The molecule has 0 aliphatic carbocycles. The van der Waals surface area contributed by atoms with E-state index in [1.54, 1.807) is 0 Å². The van der Waals surface area contributed by atoms with Gasteiger partial charge in [0.15, 0.2) is 0 Å². The molecule has 110 valence electrons. The van der Waals surface area contributed by atoms with E-state index in [1.807, 2.05) is 18.7 Å². The number of carbonyl (C=O) groups excluding carboxylic acids is 2. The summed E-state index contributed by atoms with van der Waals surface area (Å²) in [5, 5.41) is 2.65. The first-order valence-electron chi connectivity index (χ1n) is 7.19. The third-order valence-corrected chi connectivity index (χ3v) is 3.92. The van der Waals surface area contributed by atoms with Crippen LogP contribution in [0.2, 0.25) is 0 Å². The minimum Gasteiger partial charge on any atom is -0.346 e. The molecule has 19 heavy (non-hydrogen) atoms. The molecule has 1 heterocycles. The third-order valence-electron chi connectivity index (χ3n) is 3.92. The van der Waals surface area contributed by atoms with Crippen LogP contribution in [0.3, 0.4) is 0 Å². The predicted molar refractivity (Wildman–Crippen MR) is 75.4 cm³/mol. The molecule has 0 aromatic carbocycles. The van der Waals surface area contributed by atoms with Gasteiger partial charge in [0.2, 0.25) is 11.8 Å². The van der Waals surface area contributed by atoms with Gasteiger partial charge in [-0.3, -0.25) is 9.59 Å². The third kappa shape index (κ3) is 4.20. The van der Waals surface area contributed by atoms with Gasteiger partial charge in [0.1, 0.15) is 0 Å². The van der Waals surface area contributed by atoms with Crippen molar-refractivity contribution in [2.75, 3.05) is 6.54 Å². The zero-order valence-corrected chi connectivity index (χ0v) is 12.5. The molecule has 3 N–H and O–H groups in total. The fourth-order valence-corrected chi connectivity index (χ4v) is 2.59. The number of rotatable bonds is 4. The van der Waals surface area contributed by atoms with Gasteiger partial charge in [0.05, 0.1) is 12.6 Å². The monoisotopic (exact) mass is 269 g/mol. The number of nitrogens with one attached hydrogen (secondary N) is 1. The first-order chi connectivity index (χ1) is 8.84. The van der Waals surface area contributed by atoms with Crippen molar-refractivity contribution in [1.29, 1.82) is 0 Å². The minimum atomic E-state index is -0.552. The highest BCUT2D eigenvalue weighted by atomic mass is 16.2. The normalized spacial score (nSPS) is 25.3. The van der Waals surface area contributed by atoms with Gasteiger partial charge in [-0.2, -0.15) is 0 Å². The Morgan fingerprint density at radius 3 is 2.26 bits per heavy atom. The van der Waals surface area contributed by atoms with Crippen LogP contribution >= 0.6 is 0 Å². The Balaban J connectivity index is 2.48. The van der Waals surface area contributed by atoms with Crippen LogP contribution in [-0.2, 0) is 9.59 Å². The number of likely N-dealkylation sites (tertiary alicyclic amines) is 1. The molecule has 2 amide bonds. The minimum absolute atomic E-state index is 0.0102. The van der Waals surface area contributed by atoms with Gasteiger partial charge in [0, 0.05) is 12.1 Å². The highest BCUT2D eigenvalue weighted by molar-refractivity contribution is 5.87. The average molecular weight is 269 g/mol. The molecule has 1 aliphatic heterocycles. The molecular formula is C14H27N3O2. The van der Waals surface area contributed by atoms with E-state index in [1.165, 1.54) is 0 Å². The molecule has 1 rings (SSSR count). The number of nitrogens with zero attached hydrogens (tertiary/aromatic N) is 1. The molecule has 2 unspecified atom stereocenters. The van der Waals surface area contributed by atoms with E-state index < -0.39 is 6.04 Å². The quantitative estimate of drug-likeness (QED) is 0.795. The van der Waals surface area contributed by atoms with Crippen LogP contribution in [0.4, 0.5) is 0 Å². The van der Waals surface area contributed by atoms with Gasteiger partial charge < -0.3 is 16.0 Å². The van der Waals surface area contributed by atoms with Crippen LogP contribution in [0.5, 0.6) is 0 Å². The van der Waals surface area contributed by atoms with E-state index in [0.29, 0.717) is 0 Å². The maximum atomic E-state index is 12.2. The highest BCUT2D eigenvalue weighted by Crippen LogP contribution is 2.22. The summed E-state index contributed by atoms with van der Waals surface area (Å²) in [7, 11) is 0. The second-order valence-electron chi connectivity index (χ2n) is 5.92. The van der Waals surface area contributed by atoms with Gasteiger partial charge in [-0.15, -0.1) is 0 Å². The van der Waals surface area contributed by atoms with Crippen LogP contribution in [0.15, 0.2) is 0 Å². The van der Waals surface area contributed by atoms with Gasteiger partial charge in [-0.25, -0.2) is 0 Å². The van der Waals surface area contributed by atoms with Crippen LogP contribution in [0.1, 0.15) is 47.0 Å².